The van der Waals surface area contributed by atoms with Gasteiger partial charge < -0.3 is 14.5 Å². The van der Waals surface area contributed by atoms with Crippen molar-refractivity contribution in [2.24, 2.45) is 0 Å². The Morgan fingerprint density at radius 3 is 2.33 bits per heavy atom. The van der Waals surface area contributed by atoms with Crippen molar-refractivity contribution in [3.8, 4) is 0 Å². The Hall–Kier alpha value is -1.57. The highest BCUT2D eigenvalue weighted by Crippen LogP contribution is 2.15. The van der Waals surface area contributed by atoms with Crippen LogP contribution in [0.15, 0.2) is 24.3 Å². The highest BCUT2D eigenvalue weighted by atomic mass is 32.2. The van der Waals surface area contributed by atoms with Crippen molar-refractivity contribution < 1.29 is 14.3 Å². The van der Waals surface area contributed by atoms with Crippen molar-refractivity contribution in [1.82, 2.24) is 14.7 Å². The molecule has 6 nitrogen and oxygen atoms in total. The van der Waals surface area contributed by atoms with Gasteiger partial charge in [0.15, 0.2) is 0 Å². The summed E-state index contributed by atoms with van der Waals surface area (Å²) in [6.45, 7) is 8.14. The molecule has 0 saturated carbocycles. The number of morpholine rings is 1. The molecule has 2 fully saturated rings. The first-order valence-corrected chi connectivity index (χ1v) is 10.8. The summed E-state index contributed by atoms with van der Waals surface area (Å²) >= 11 is 1.66. The van der Waals surface area contributed by atoms with Crippen molar-refractivity contribution in [3.05, 3.63) is 35.4 Å². The van der Waals surface area contributed by atoms with Crippen LogP contribution >= 0.6 is 11.8 Å². The monoisotopic (exact) mass is 391 g/mol. The highest BCUT2D eigenvalue weighted by Gasteiger charge is 2.25. The largest absolute Gasteiger partial charge is 0.379 e. The van der Waals surface area contributed by atoms with Crippen LogP contribution in [0.5, 0.6) is 0 Å². The van der Waals surface area contributed by atoms with Crippen molar-refractivity contribution in [3.63, 3.8) is 0 Å². The van der Waals surface area contributed by atoms with E-state index in [2.05, 4.69) is 36.1 Å². The third-order valence-electron chi connectivity index (χ3n) is 5.02. The molecule has 7 heteroatoms. The molecule has 0 atom stereocenters. The number of thioether (sulfide) groups is 1. The maximum Gasteiger partial charge on any atom is 0.236 e. The molecule has 1 aromatic rings. The lowest BCUT2D eigenvalue weighted by Crippen LogP contribution is -2.53. The van der Waals surface area contributed by atoms with Crippen molar-refractivity contribution in [2.75, 3.05) is 64.8 Å². The lowest BCUT2D eigenvalue weighted by molar-refractivity contribution is -0.139. The first-order valence-electron chi connectivity index (χ1n) is 9.61. The van der Waals surface area contributed by atoms with Gasteiger partial charge in [-0.25, -0.2) is 0 Å². The summed E-state index contributed by atoms with van der Waals surface area (Å²) in [5.41, 5.74) is 2.50. The summed E-state index contributed by atoms with van der Waals surface area (Å²) in [5, 5.41) is 0. The van der Waals surface area contributed by atoms with E-state index in [-0.39, 0.29) is 11.8 Å². The van der Waals surface area contributed by atoms with E-state index in [1.165, 1.54) is 11.1 Å². The molecule has 2 amide bonds. The molecule has 2 heterocycles. The quantitative estimate of drug-likeness (QED) is 0.730. The lowest BCUT2D eigenvalue weighted by Gasteiger charge is -2.36. The van der Waals surface area contributed by atoms with Crippen LogP contribution in [-0.2, 0) is 20.1 Å². The Balaban J connectivity index is 1.35. The van der Waals surface area contributed by atoms with Gasteiger partial charge in [0.2, 0.25) is 11.8 Å². The normalized spacial score (nSPS) is 18.6. The smallest absolute Gasteiger partial charge is 0.236 e. The van der Waals surface area contributed by atoms with Crippen molar-refractivity contribution in [1.29, 1.82) is 0 Å². The maximum absolute atomic E-state index is 12.4. The fourth-order valence-corrected chi connectivity index (χ4v) is 4.28. The van der Waals surface area contributed by atoms with Gasteiger partial charge in [0, 0.05) is 45.0 Å². The van der Waals surface area contributed by atoms with Gasteiger partial charge in [-0.3, -0.25) is 14.5 Å². The van der Waals surface area contributed by atoms with Gasteiger partial charge in [-0.15, -0.1) is 11.8 Å². The fraction of sp³-hybridized carbons (Fsp3) is 0.600. The van der Waals surface area contributed by atoms with Crippen LogP contribution < -0.4 is 0 Å². The Bertz CT molecular complexity index is 641. The lowest BCUT2D eigenvalue weighted by atomic mass is 10.2. The Morgan fingerprint density at radius 2 is 1.67 bits per heavy atom. The number of ether oxygens (including phenoxy) is 1. The molecular weight excluding hydrogens is 362 g/mol. The number of hydrogen-bond acceptors (Lipinski definition) is 5. The van der Waals surface area contributed by atoms with Crippen LogP contribution in [0.3, 0.4) is 0 Å². The maximum atomic E-state index is 12.4. The van der Waals surface area contributed by atoms with E-state index >= 15 is 0 Å². The number of rotatable bonds is 6. The predicted octanol–water partition coefficient (Wildman–Crippen LogP) is 1.23. The molecule has 0 aromatic heterocycles. The number of nitrogens with zero attached hydrogens (tertiary/aromatic N) is 3. The Morgan fingerprint density at radius 1 is 1.00 bits per heavy atom. The summed E-state index contributed by atoms with van der Waals surface area (Å²) < 4.78 is 5.32. The van der Waals surface area contributed by atoms with Gasteiger partial charge >= 0.3 is 0 Å². The number of benzene rings is 1. The molecule has 2 saturated heterocycles. The number of carbonyl (C=O) groups is 2. The third-order valence-corrected chi connectivity index (χ3v) is 6.01. The van der Waals surface area contributed by atoms with E-state index in [1.807, 2.05) is 9.80 Å². The molecule has 2 aliphatic heterocycles. The molecule has 148 valence electrons. The van der Waals surface area contributed by atoms with E-state index in [4.69, 9.17) is 4.74 Å². The van der Waals surface area contributed by atoms with Crippen molar-refractivity contribution in [2.45, 2.75) is 12.7 Å². The second-order valence-corrected chi connectivity index (χ2v) is 8.12. The van der Waals surface area contributed by atoms with Crippen LogP contribution in [0.1, 0.15) is 11.1 Å². The van der Waals surface area contributed by atoms with Gasteiger partial charge in [0.25, 0.3) is 0 Å². The van der Waals surface area contributed by atoms with E-state index in [9.17, 15) is 9.59 Å². The van der Waals surface area contributed by atoms with E-state index in [0.29, 0.717) is 51.7 Å². The zero-order chi connectivity index (χ0) is 19.1. The number of amides is 2. The topological polar surface area (TPSA) is 53.1 Å². The second-order valence-electron chi connectivity index (χ2n) is 7.13. The average molecular weight is 392 g/mol. The average Bonchev–Trinajstić information content (AvgIpc) is 2.69. The molecule has 2 aliphatic rings. The summed E-state index contributed by atoms with van der Waals surface area (Å²) in [7, 11) is 0. The minimum atomic E-state index is 0.165. The predicted molar refractivity (Wildman–Crippen MR) is 108 cm³/mol. The molecule has 3 rings (SSSR count). The number of piperazine rings is 1. The molecule has 0 N–H and O–H groups in total. The molecular formula is C20H29N3O3S. The molecule has 0 bridgehead atoms. The zero-order valence-electron chi connectivity index (χ0n) is 16.1. The van der Waals surface area contributed by atoms with Crippen LogP contribution in [0.25, 0.3) is 0 Å². The van der Waals surface area contributed by atoms with E-state index in [0.717, 1.165) is 18.8 Å². The van der Waals surface area contributed by atoms with Crippen LogP contribution in [0.4, 0.5) is 0 Å². The first kappa shape index (κ1) is 20.2. The number of carbonyl (C=O) groups excluding carboxylic acids is 2. The highest BCUT2D eigenvalue weighted by molar-refractivity contribution is 7.99. The zero-order valence-corrected chi connectivity index (χ0v) is 16.9. The minimum Gasteiger partial charge on any atom is -0.379 e. The molecule has 27 heavy (non-hydrogen) atoms. The molecule has 0 unspecified atom stereocenters. The van der Waals surface area contributed by atoms with Gasteiger partial charge in [-0.1, -0.05) is 29.8 Å². The SMILES string of the molecule is Cc1cccc(CSCC(=O)N2CCN(C(=O)CN3CCOCC3)CC2)c1. The second kappa shape index (κ2) is 10.1. The van der Waals surface area contributed by atoms with Crippen LogP contribution in [0, 0.1) is 6.92 Å². The van der Waals surface area contributed by atoms with Crippen molar-refractivity contribution >= 4 is 23.6 Å². The third kappa shape index (κ3) is 6.23. The van der Waals surface area contributed by atoms with Gasteiger partial charge in [-0.05, 0) is 12.5 Å². The minimum absolute atomic E-state index is 0.165. The Labute approximate surface area is 165 Å². The standard InChI is InChI=1S/C20H29N3O3S/c1-17-3-2-4-18(13-17)15-27-16-20(25)23-7-5-22(6-8-23)19(24)14-21-9-11-26-12-10-21/h2-4,13H,5-12,14-16H2,1H3. The summed E-state index contributed by atoms with van der Waals surface area (Å²) in [6, 6.07) is 8.40. The summed E-state index contributed by atoms with van der Waals surface area (Å²) in [6.07, 6.45) is 0. The molecule has 0 radical (unpaired) electrons. The van der Waals surface area contributed by atoms with Gasteiger partial charge in [0.05, 0.1) is 25.5 Å². The van der Waals surface area contributed by atoms with Gasteiger partial charge in [-0.2, -0.15) is 0 Å². The molecule has 0 aliphatic carbocycles. The van der Waals surface area contributed by atoms with E-state index in [1.54, 1.807) is 11.8 Å². The molecule has 1 aromatic carbocycles. The fourth-order valence-electron chi connectivity index (χ4n) is 3.41. The summed E-state index contributed by atoms with van der Waals surface area (Å²) in [5.74, 6) is 1.69. The number of hydrogen-bond donors (Lipinski definition) is 0. The van der Waals surface area contributed by atoms with Crippen LogP contribution in [0.2, 0.25) is 0 Å². The van der Waals surface area contributed by atoms with Gasteiger partial charge in [0.1, 0.15) is 0 Å². The first-order chi connectivity index (χ1) is 13.1. The molecule has 0 spiro atoms. The number of aryl methyl sites for hydroxylation is 1. The Kier molecular flexibility index (Phi) is 7.55. The van der Waals surface area contributed by atoms with E-state index < -0.39 is 0 Å². The van der Waals surface area contributed by atoms with Crippen LogP contribution in [-0.4, -0.2) is 91.3 Å². The summed E-state index contributed by atoms with van der Waals surface area (Å²) in [4.78, 5) is 30.8.